The first-order valence-corrected chi connectivity index (χ1v) is 5.66. The van der Waals surface area contributed by atoms with Gasteiger partial charge in [0.2, 0.25) is 0 Å². The Morgan fingerprint density at radius 2 is 2.20 bits per heavy atom. The number of hydrogen-bond acceptors (Lipinski definition) is 4. The van der Waals surface area contributed by atoms with Crippen LogP contribution < -0.4 is 0 Å². The highest BCUT2D eigenvalue weighted by molar-refractivity contribution is 9.10. The fraction of sp³-hybridized carbons (Fsp3) is 0.500. The molecule has 0 bridgehead atoms. The molecule has 0 unspecified atom stereocenters. The number of halogens is 1. The van der Waals surface area contributed by atoms with Gasteiger partial charge < -0.3 is 4.74 Å². The number of nitrogens with zero attached hydrogens (tertiary/aromatic N) is 2. The molecule has 15 heavy (non-hydrogen) atoms. The molecule has 1 fully saturated rings. The zero-order chi connectivity index (χ0) is 10.7. The highest BCUT2D eigenvalue weighted by Crippen LogP contribution is 2.22. The molecule has 5 heteroatoms. The minimum Gasteiger partial charge on any atom is -0.381 e. The van der Waals surface area contributed by atoms with Gasteiger partial charge in [-0.1, -0.05) is 0 Å². The van der Waals surface area contributed by atoms with Crippen LogP contribution in [0.5, 0.6) is 0 Å². The number of hydrogen-bond donors (Lipinski definition) is 0. The van der Waals surface area contributed by atoms with Crippen molar-refractivity contribution in [3.05, 3.63) is 22.7 Å². The van der Waals surface area contributed by atoms with E-state index >= 15 is 0 Å². The average molecular weight is 271 g/mol. The Balaban J connectivity index is 2.16. The summed E-state index contributed by atoms with van der Waals surface area (Å²) < 4.78 is 5.89. The van der Waals surface area contributed by atoms with Crippen LogP contribution in [0.1, 0.15) is 23.3 Å². The van der Waals surface area contributed by atoms with Crippen LogP contribution in [0.2, 0.25) is 0 Å². The summed E-state index contributed by atoms with van der Waals surface area (Å²) in [6.45, 7) is 1.33. The Bertz CT molecular complexity index is 364. The summed E-state index contributed by atoms with van der Waals surface area (Å²) in [5, 5.41) is 0. The van der Waals surface area contributed by atoms with E-state index in [9.17, 15) is 4.79 Å². The normalized spacial score (nSPS) is 17.7. The van der Waals surface area contributed by atoms with Crippen molar-refractivity contribution in [2.24, 2.45) is 5.92 Å². The maximum absolute atomic E-state index is 12.0. The second-order valence-corrected chi connectivity index (χ2v) is 4.32. The van der Waals surface area contributed by atoms with Gasteiger partial charge in [0.1, 0.15) is 12.0 Å². The van der Waals surface area contributed by atoms with Crippen molar-refractivity contribution in [2.45, 2.75) is 12.8 Å². The lowest BCUT2D eigenvalue weighted by atomic mass is 9.93. The van der Waals surface area contributed by atoms with Crippen molar-refractivity contribution in [1.29, 1.82) is 0 Å². The van der Waals surface area contributed by atoms with Gasteiger partial charge in [0.15, 0.2) is 5.78 Å². The molecule has 80 valence electrons. The van der Waals surface area contributed by atoms with Crippen molar-refractivity contribution < 1.29 is 9.53 Å². The molecule has 4 nitrogen and oxygen atoms in total. The van der Waals surface area contributed by atoms with E-state index in [2.05, 4.69) is 25.9 Å². The van der Waals surface area contributed by atoms with Gasteiger partial charge in [-0.05, 0) is 28.8 Å². The molecule has 0 aliphatic carbocycles. The molecule has 1 aromatic rings. The van der Waals surface area contributed by atoms with Gasteiger partial charge in [0.25, 0.3) is 0 Å². The van der Waals surface area contributed by atoms with Crippen molar-refractivity contribution >= 4 is 21.7 Å². The highest BCUT2D eigenvalue weighted by atomic mass is 79.9. The van der Waals surface area contributed by atoms with Crippen LogP contribution in [0.25, 0.3) is 0 Å². The van der Waals surface area contributed by atoms with Crippen LogP contribution >= 0.6 is 15.9 Å². The minimum absolute atomic E-state index is 0.0462. The highest BCUT2D eigenvalue weighted by Gasteiger charge is 2.25. The van der Waals surface area contributed by atoms with E-state index in [0.29, 0.717) is 23.4 Å². The number of rotatable bonds is 2. The van der Waals surface area contributed by atoms with Crippen LogP contribution in [0.15, 0.2) is 17.0 Å². The number of ketones is 1. The molecule has 2 rings (SSSR count). The third-order valence-corrected chi connectivity index (χ3v) is 3.07. The Morgan fingerprint density at radius 1 is 1.47 bits per heavy atom. The Labute approximate surface area is 96.2 Å². The van der Waals surface area contributed by atoms with Crippen LogP contribution in [0.3, 0.4) is 0 Å². The molecule has 0 N–H and O–H groups in total. The fourth-order valence-corrected chi connectivity index (χ4v) is 2.06. The topological polar surface area (TPSA) is 52.1 Å². The number of ether oxygens (including phenoxy) is 1. The van der Waals surface area contributed by atoms with Crippen LogP contribution in [0.4, 0.5) is 0 Å². The Hall–Kier alpha value is -0.810. The van der Waals surface area contributed by atoms with Gasteiger partial charge >= 0.3 is 0 Å². The van der Waals surface area contributed by atoms with Gasteiger partial charge in [-0.2, -0.15) is 0 Å². The summed E-state index contributed by atoms with van der Waals surface area (Å²) in [6, 6.07) is 0. The lowest BCUT2D eigenvalue weighted by Gasteiger charge is -2.20. The van der Waals surface area contributed by atoms with E-state index in [-0.39, 0.29) is 11.7 Å². The molecule has 0 amide bonds. The predicted molar refractivity (Wildman–Crippen MR) is 57.6 cm³/mol. The number of carbonyl (C=O) groups excluding carboxylic acids is 1. The van der Waals surface area contributed by atoms with Crippen LogP contribution in [0, 0.1) is 5.92 Å². The van der Waals surface area contributed by atoms with Gasteiger partial charge in [-0.3, -0.25) is 4.79 Å². The standard InChI is InChI=1S/C10H11BrN2O2/c11-8-5-12-6-13-9(8)10(14)7-1-3-15-4-2-7/h5-7H,1-4H2. The van der Waals surface area contributed by atoms with Gasteiger partial charge in [-0.25, -0.2) is 9.97 Å². The second kappa shape index (κ2) is 4.81. The first-order valence-electron chi connectivity index (χ1n) is 4.86. The van der Waals surface area contributed by atoms with Gasteiger partial charge in [0.05, 0.1) is 4.47 Å². The van der Waals surface area contributed by atoms with Crippen molar-refractivity contribution in [3.8, 4) is 0 Å². The van der Waals surface area contributed by atoms with Crippen molar-refractivity contribution in [2.75, 3.05) is 13.2 Å². The third kappa shape index (κ3) is 2.41. The van der Waals surface area contributed by atoms with E-state index < -0.39 is 0 Å². The zero-order valence-corrected chi connectivity index (χ0v) is 9.74. The zero-order valence-electron chi connectivity index (χ0n) is 8.15. The largest absolute Gasteiger partial charge is 0.381 e. The molecule has 1 saturated heterocycles. The minimum atomic E-state index is 0.0462. The Kier molecular flexibility index (Phi) is 3.43. The van der Waals surface area contributed by atoms with E-state index in [0.717, 1.165) is 12.8 Å². The molecular weight excluding hydrogens is 260 g/mol. The van der Waals surface area contributed by atoms with Crippen LogP contribution in [-0.4, -0.2) is 29.0 Å². The number of carbonyl (C=O) groups is 1. The molecule has 0 aromatic carbocycles. The summed E-state index contributed by atoms with van der Waals surface area (Å²) in [6.07, 6.45) is 4.57. The SMILES string of the molecule is O=C(c1ncncc1Br)C1CCOCC1. The number of aromatic nitrogens is 2. The van der Waals surface area contributed by atoms with Gasteiger partial charge in [-0.15, -0.1) is 0 Å². The number of Topliss-reactive ketones (excluding diaryl/α,β-unsaturated/α-hetero) is 1. The predicted octanol–water partition coefficient (Wildman–Crippen LogP) is 1.85. The fourth-order valence-electron chi connectivity index (χ4n) is 1.65. The first-order chi connectivity index (χ1) is 7.29. The molecule has 1 aliphatic rings. The molecule has 0 radical (unpaired) electrons. The summed E-state index contributed by atoms with van der Waals surface area (Å²) in [4.78, 5) is 19.9. The van der Waals surface area contributed by atoms with Crippen LogP contribution in [-0.2, 0) is 4.74 Å². The molecule has 0 saturated carbocycles. The quantitative estimate of drug-likeness (QED) is 0.770. The van der Waals surface area contributed by atoms with E-state index in [1.54, 1.807) is 6.20 Å². The lowest BCUT2D eigenvalue weighted by Crippen LogP contribution is -2.24. The summed E-state index contributed by atoms with van der Waals surface area (Å²) in [5.74, 6) is 0.137. The molecule has 0 spiro atoms. The summed E-state index contributed by atoms with van der Waals surface area (Å²) in [5.41, 5.74) is 0.483. The maximum atomic E-state index is 12.0. The third-order valence-electron chi connectivity index (χ3n) is 2.49. The maximum Gasteiger partial charge on any atom is 0.185 e. The average Bonchev–Trinajstić information content (AvgIpc) is 2.30. The van der Waals surface area contributed by atoms with Gasteiger partial charge in [0, 0.05) is 25.3 Å². The summed E-state index contributed by atoms with van der Waals surface area (Å²) in [7, 11) is 0. The smallest absolute Gasteiger partial charge is 0.185 e. The molecule has 0 atom stereocenters. The lowest BCUT2D eigenvalue weighted by molar-refractivity contribution is 0.0541. The molecule has 2 heterocycles. The van der Waals surface area contributed by atoms with E-state index in [1.807, 2.05) is 0 Å². The molecular formula is C10H11BrN2O2. The monoisotopic (exact) mass is 270 g/mol. The first kappa shape index (κ1) is 10.7. The molecule has 1 aromatic heterocycles. The van der Waals surface area contributed by atoms with Crippen molar-refractivity contribution in [3.63, 3.8) is 0 Å². The van der Waals surface area contributed by atoms with E-state index in [4.69, 9.17) is 4.74 Å². The summed E-state index contributed by atoms with van der Waals surface area (Å²) >= 11 is 3.29. The van der Waals surface area contributed by atoms with E-state index in [1.165, 1.54) is 6.33 Å². The Morgan fingerprint density at radius 3 is 2.87 bits per heavy atom. The molecule has 1 aliphatic heterocycles. The second-order valence-electron chi connectivity index (χ2n) is 3.47. The van der Waals surface area contributed by atoms with Crippen molar-refractivity contribution in [1.82, 2.24) is 9.97 Å².